The van der Waals surface area contributed by atoms with Crippen molar-refractivity contribution >= 4 is 12.7 Å². The van der Waals surface area contributed by atoms with Crippen molar-refractivity contribution in [1.82, 2.24) is 9.97 Å². The van der Waals surface area contributed by atoms with Crippen molar-refractivity contribution in [2.75, 3.05) is 0 Å². The van der Waals surface area contributed by atoms with Gasteiger partial charge in [-0.3, -0.25) is 9.59 Å². The topological polar surface area (TPSA) is 78.9 Å². The Morgan fingerprint density at radius 3 is 2.47 bits per heavy atom. The lowest BCUT2D eigenvalue weighted by atomic mass is 10.3. The maximum Gasteiger partial charge on any atom is 0.262 e. The van der Waals surface area contributed by atoms with E-state index in [2.05, 4.69) is 16.5 Å². The quantitative estimate of drug-likeness (QED) is 0.618. The van der Waals surface area contributed by atoms with Crippen molar-refractivity contribution in [2.45, 2.75) is 0 Å². The van der Waals surface area contributed by atoms with Crippen LogP contribution in [-0.2, 0) is 0 Å². The predicted molar refractivity (Wildman–Crippen MR) is 54.7 cm³/mol. The molecule has 2 heterocycles. The minimum absolute atomic E-state index is 0.00245. The summed E-state index contributed by atoms with van der Waals surface area (Å²) >= 11 is 0. The van der Waals surface area contributed by atoms with Crippen LogP contribution in [0, 0.1) is 0 Å². The second kappa shape index (κ2) is 3.45. The molecule has 0 fully saturated rings. The first kappa shape index (κ1) is 9.26. The van der Waals surface area contributed by atoms with Crippen molar-refractivity contribution in [2.24, 2.45) is 0 Å². The highest BCUT2D eigenvalue weighted by atomic mass is 16.3. The van der Waals surface area contributed by atoms with E-state index in [0.29, 0.717) is 5.76 Å². The molecule has 0 unspecified atom stereocenters. The van der Waals surface area contributed by atoms with Crippen LogP contribution in [0.15, 0.2) is 32.4 Å². The van der Waals surface area contributed by atoms with E-state index in [1.807, 2.05) is 0 Å². The monoisotopic (exact) mass is 204 g/mol. The van der Waals surface area contributed by atoms with Crippen LogP contribution in [0.2, 0.25) is 0 Å². The van der Waals surface area contributed by atoms with Crippen molar-refractivity contribution in [3.63, 3.8) is 0 Å². The molecular formula is C10H8N2O3. The van der Waals surface area contributed by atoms with Crippen molar-refractivity contribution in [3.8, 4) is 0 Å². The van der Waals surface area contributed by atoms with E-state index in [9.17, 15) is 9.59 Å². The van der Waals surface area contributed by atoms with Gasteiger partial charge in [0.1, 0.15) is 16.5 Å². The average Bonchev–Trinajstić information content (AvgIpc) is 2.63. The molecule has 5 heteroatoms. The fraction of sp³-hybridized carbons (Fsp3) is 0. The Morgan fingerprint density at radius 2 is 1.93 bits per heavy atom. The lowest BCUT2D eigenvalue weighted by Gasteiger charge is -1.87. The first-order valence-corrected chi connectivity index (χ1v) is 4.23. The van der Waals surface area contributed by atoms with E-state index in [1.54, 1.807) is 12.1 Å². The van der Waals surface area contributed by atoms with Crippen LogP contribution in [0.5, 0.6) is 0 Å². The Kier molecular flexibility index (Phi) is 2.13. The number of aromatic nitrogens is 2. The Labute approximate surface area is 83.4 Å². The van der Waals surface area contributed by atoms with Gasteiger partial charge in [-0.05, 0) is 18.2 Å². The summed E-state index contributed by atoms with van der Waals surface area (Å²) in [5.74, 6) is 0.447. The molecule has 5 nitrogen and oxygen atoms in total. The number of hydrogen-bond acceptors (Lipinski definition) is 3. The summed E-state index contributed by atoms with van der Waals surface area (Å²) in [5.41, 5.74) is -0.790. The first-order valence-electron chi connectivity index (χ1n) is 4.23. The Balaban J connectivity index is 2.80. The predicted octanol–water partition coefficient (Wildman–Crippen LogP) is -1.10. The van der Waals surface area contributed by atoms with Crippen molar-refractivity contribution < 1.29 is 4.42 Å². The number of aromatic amines is 2. The molecule has 2 N–H and O–H groups in total. The standard InChI is InChI=1S/C10H8N2O3/c1-6-11-9(13)8(10(14)12-6)5-7-3-2-4-15-7/h2-5H,1H2,(H,11,13)(H,12,14). The Morgan fingerprint density at radius 1 is 1.27 bits per heavy atom. The molecule has 0 aliphatic carbocycles. The van der Waals surface area contributed by atoms with Crippen molar-refractivity contribution in [3.05, 3.63) is 55.6 Å². The summed E-state index contributed by atoms with van der Waals surface area (Å²) in [6.07, 6.45) is 2.83. The molecule has 0 atom stereocenters. The van der Waals surface area contributed by atoms with Gasteiger partial charge in [0.2, 0.25) is 0 Å². The van der Waals surface area contributed by atoms with E-state index in [-0.39, 0.29) is 10.7 Å². The lowest BCUT2D eigenvalue weighted by molar-refractivity contribution is 0.556. The smallest absolute Gasteiger partial charge is 0.262 e. The van der Waals surface area contributed by atoms with E-state index in [4.69, 9.17) is 4.42 Å². The number of rotatable bonds is 1. The highest BCUT2D eigenvalue weighted by Crippen LogP contribution is 1.98. The molecule has 15 heavy (non-hydrogen) atoms. The van der Waals surface area contributed by atoms with Gasteiger partial charge in [0.15, 0.2) is 0 Å². The molecule has 0 saturated carbocycles. The number of hydrogen-bond donors (Lipinski definition) is 2. The molecule has 0 radical (unpaired) electrons. The van der Waals surface area contributed by atoms with Gasteiger partial charge in [-0.2, -0.15) is 0 Å². The minimum atomic E-state index is -0.486. The molecule has 2 aromatic heterocycles. The van der Waals surface area contributed by atoms with Gasteiger partial charge in [-0.25, -0.2) is 0 Å². The third-order valence-electron chi connectivity index (χ3n) is 1.85. The minimum Gasteiger partial charge on any atom is -0.465 e. The SMILES string of the molecule is C=c1[nH]c(=O)c(=Cc2ccco2)c(=O)[nH]1. The van der Waals surface area contributed by atoms with Gasteiger partial charge in [0.25, 0.3) is 11.1 Å². The van der Waals surface area contributed by atoms with E-state index >= 15 is 0 Å². The number of H-pyrrole nitrogens is 2. The fourth-order valence-corrected chi connectivity index (χ4v) is 1.19. The number of furan rings is 1. The van der Waals surface area contributed by atoms with Crippen LogP contribution in [0.3, 0.4) is 0 Å². The van der Waals surface area contributed by atoms with Crippen LogP contribution < -0.4 is 21.8 Å². The second-order valence-electron chi connectivity index (χ2n) is 2.96. The molecule has 76 valence electrons. The second-order valence-corrected chi connectivity index (χ2v) is 2.96. The molecule has 0 saturated heterocycles. The van der Waals surface area contributed by atoms with E-state index in [0.717, 1.165) is 0 Å². The summed E-state index contributed by atoms with van der Waals surface area (Å²) in [6.45, 7) is 3.43. The Bertz CT molecular complexity index is 639. The normalized spacial score (nSPS) is 10.1. The zero-order chi connectivity index (χ0) is 10.8. The van der Waals surface area contributed by atoms with Gasteiger partial charge in [-0.1, -0.05) is 6.58 Å². The first-order chi connectivity index (χ1) is 7.16. The summed E-state index contributed by atoms with van der Waals surface area (Å²) < 4.78 is 5.00. The van der Waals surface area contributed by atoms with Gasteiger partial charge >= 0.3 is 0 Å². The molecule has 0 aromatic carbocycles. The zero-order valence-electron chi connectivity index (χ0n) is 7.74. The fourth-order valence-electron chi connectivity index (χ4n) is 1.19. The third-order valence-corrected chi connectivity index (χ3v) is 1.85. The maximum atomic E-state index is 11.4. The maximum absolute atomic E-state index is 11.4. The third kappa shape index (κ3) is 1.80. The van der Waals surface area contributed by atoms with E-state index < -0.39 is 11.1 Å². The van der Waals surface area contributed by atoms with E-state index in [1.165, 1.54) is 12.3 Å². The van der Waals surface area contributed by atoms with Gasteiger partial charge in [-0.15, -0.1) is 0 Å². The Hall–Kier alpha value is -2.30. The molecule has 2 rings (SSSR count). The molecular weight excluding hydrogens is 196 g/mol. The van der Waals surface area contributed by atoms with Crippen LogP contribution >= 0.6 is 0 Å². The molecule has 0 spiro atoms. The largest absolute Gasteiger partial charge is 0.465 e. The van der Waals surface area contributed by atoms with Crippen LogP contribution in [0.1, 0.15) is 5.76 Å². The molecule has 0 aliphatic heterocycles. The van der Waals surface area contributed by atoms with Gasteiger partial charge in [0.05, 0.1) is 6.26 Å². The number of nitrogens with one attached hydrogen (secondary N) is 2. The van der Waals surface area contributed by atoms with Crippen LogP contribution in [0.4, 0.5) is 0 Å². The summed E-state index contributed by atoms with van der Waals surface area (Å²) in [7, 11) is 0. The highest BCUT2D eigenvalue weighted by molar-refractivity contribution is 5.41. The summed E-state index contributed by atoms with van der Waals surface area (Å²) in [5, 5.41) is -0.00245. The van der Waals surface area contributed by atoms with Gasteiger partial charge < -0.3 is 14.4 Å². The summed E-state index contributed by atoms with van der Waals surface area (Å²) in [4.78, 5) is 27.6. The molecule has 0 aliphatic rings. The molecule has 0 bridgehead atoms. The average molecular weight is 204 g/mol. The van der Waals surface area contributed by atoms with Gasteiger partial charge in [0, 0.05) is 0 Å². The highest BCUT2D eigenvalue weighted by Gasteiger charge is 1.97. The summed E-state index contributed by atoms with van der Waals surface area (Å²) in [6, 6.07) is 3.32. The van der Waals surface area contributed by atoms with Crippen LogP contribution in [0.25, 0.3) is 12.7 Å². The zero-order valence-corrected chi connectivity index (χ0v) is 7.74. The van der Waals surface area contributed by atoms with Crippen molar-refractivity contribution in [1.29, 1.82) is 0 Å². The van der Waals surface area contributed by atoms with Crippen LogP contribution in [-0.4, -0.2) is 9.97 Å². The molecule has 0 amide bonds. The molecule has 2 aromatic rings. The lowest BCUT2D eigenvalue weighted by Crippen LogP contribution is -2.47.